The van der Waals surface area contributed by atoms with Crippen molar-refractivity contribution < 1.29 is 14.3 Å². The van der Waals surface area contributed by atoms with Gasteiger partial charge < -0.3 is 15.2 Å². The second-order valence-electron chi connectivity index (χ2n) is 4.22. The van der Waals surface area contributed by atoms with E-state index in [1.807, 2.05) is 30.3 Å². The number of hydrogen-bond donors (Lipinski definition) is 1. The number of carbonyl (C=O) groups is 1. The van der Waals surface area contributed by atoms with Crippen LogP contribution in [0.15, 0.2) is 30.3 Å². The van der Waals surface area contributed by atoms with Crippen molar-refractivity contribution in [1.82, 2.24) is 0 Å². The molecule has 0 aromatic heterocycles. The highest BCUT2D eigenvalue weighted by Crippen LogP contribution is 2.10. The molecule has 2 unspecified atom stereocenters. The lowest BCUT2D eigenvalue weighted by Crippen LogP contribution is -2.36. The van der Waals surface area contributed by atoms with Crippen molar-refractivity contribution in [2.75, 3.05) is 13.2 Å². The molecule has 1 aromatic carbocycles. The molecule has 1 heterocycles. The topological polar surface area (TPSA) is 61.6 Å². The van der Waals surface area contributed by atoms with Gasteiger partial charge in [-0.3, -0.25) is 4.79 Å². The second-order valence-corrected chi connectivity index (χ2v) is 4.22. The summed E-state index contributed by atoms with van der Waals surface area (Å²) in [6.45, 7) is 1.15. The Labute approximate surface area is 101 Å². The Kier molecular flexibility index (Phi) is 4.12. The molecule has 1 saturated heterocycles. The molecular weight excluding hydrogens is 218 g/mol. The Balaban J connectivity index is 1.82. The lowest BCUT2D eigenvalue weighted by Gasteiger charge is -2.14. The summed E-state index contributed by atoms with van der Waals surface area (Å²) >= 11 is 0. The number of hydrogen-bond acceptors (Lipinski definition) is 4. The summed E-state index contributed by atoms with van der Waals surface area (Å²) in [5, 5.41) is 0. The number of ether oxygens (including phenoxy) is 2. The molecule has 2 rings (SSSR count). The van der Waals surface area contributed by atoms with Crippen LogP contribution in [-0.4, -0.2) is 31.3 Å². The Hall–Kier alpha value is -1.39. The first-order valence-corrected chi connectivity index (χ1v) is 5.83. The first-order chi connectivity index (χ1) is 8.25. The van der Waals surface area contributed by atoms with E-state index in [1.165, 1.54) is 0 Å². The summed E-state index contributed by atoms with van der Waals surface area (Å²) in [4.78, 5) is 11.7. The molecule has 0 aliphatic carbocycles. The maximum Gasteiger partial charge on any atom is 0.323 e. The van der Waals surface area contributed by atoms with E-state index in [4.69, 9.17) is 15.2 Å². The summed E-state index contributed by atoms with van der Waals surface area (Å²) in [6.07, 6.45) is 1.15. The number of carbonyl (C=O) groups excluding carboxylic acids is 1. The van der Waals surface area contributed by atoms with Crippen molar-refractivity contribution in [1.29, 1.82) is 0 Å². The van der Waals surface area contributed by atoms with Gasteiger partial charge in [0.25, 0.3) is 0 Å². The third kappa shape index (κ3) is 3.54. The molecular formula is C13H17NO3. The van der Waals surface area contributed by atoms with Crippen LogP contribution in [0, 0.1) is 0 Å². The standard InChI is InChI=1S/C13H17NO3/c14-12(8-10-4-2-1-3-5-10)13(15)17-11-6-7-16-9-11/h1-5,11-12H,6-9,14H2. The van der Waals surface area contributed by atoms with E-state index in [2.05, 4.69) is 0 Å². The summed E-state index contributed by atoms with van der Waals surface area (Å²) in [6, 6.07) is 9.09. The molecule has 0 radical (unpaired) electrons. The number of rotatable bonds is 4. The minimum absolute atomic E-state index is 0.121. The van der Waals surface area contributed by atoms with Crippen molar-refractivity contribution in [2.24, 2.45) is 5.73 Å². The third-order valence-corrected chi connectivity index (χ3v) is 2.77. The molecule has 17 heavy (non-hydrogen) atoms. The van der Waals surface area contributed by atoms with Gasteiger partial charge in [0, 0.05) is 6.42 Å². The van der Waals surface area contributed by atoms with Gasteiger partial charge in [0.2, 0.25) is 0 Å². The van der Waals surface area contributed by atoms with Crippen molar-refractivity contribution in [3.8, 4) is 0 Å². The predicted octanol–water partition coefficient (Wildman–Crippen LogP) is 0.889. The molecule has 1 aromatic rings. The van der Waals surface area contributed by atoms with Crippen LogP contribution < -0.4 is 5.73 Å². The zero-order chi connectivity index (χ0) is 12.1. The molecule has 0 amide bonds. The summed E-state index contributed by atoms with van der Waals surface area (Å²) in [5.41, 5.74) is 6.85. The van der Waals surface area contributed by atoms with Crippen molar-refractivity contribution in [3.05, 3.63) is 35.9 Å². The van der Waals surface area contributed by atoms with Crippen LogP contribution in [0.5, 0.6) is 0 Å². The number of esters is 1. The lowest BCUT2D eigenvalue weighted by atomic mass is 10.1. The minimum atomic E-state index is -0.599. The molecule has 4 nitrogen and oxygen atoms in total. The Morgan fingerprint density at radius 3 is 2.88 bits per heavy atom. The van der Waals surface area contributed by atoms with E-state index in [1.54, 1.807) is 0 Å². The smallest absolute Gasteiger partial charge is 0.323 e. The SMILES string of the molecule is NC(Cc1ccccc1)C(=O)OC1CCOC1. The van der Waals surface area contributed by atoms with Gasteiger partial charge in [0.1, 0.15) is 12.1 Å². The largest absolute Gasteiger partial charge is 0.459 e. The predicted molar refractivity (Wildman–Crippen MR) is 63.4 cm³/mol. The van der Waals surface area contributed by atoms with Crippen molar-refractivity contribution in [2.45, 2.75) is 25.0 Å². The van der Waals surface area contributed by atoms with E-state index in [9.17, 15) is 4.79 Å². The fourth-order valence-corrected chi connectivity index (χ4v) is 1.81. The average molecular weight is 235 g/mol. The van der Waals surface area contributed by atoms with Crippen molar-refractivity contribution in [3.63, 3.8) is 0 Å². The highest BCUT2D eigenvalue weighted by molar-refractivity contribution is 5.76. The van der Waals surface area contributed by atoms with Crippen molar-refractivity contribution >= 4 is 5.97 Å². The van der Waals surface area contributed by atoms with Gasteiger partial charge >= 0.3 is 5.97 Å². The molecule has 1 fully saturated rings. The molecule has 0 spiro atoms. The summed E-state index contributed by atoms with van der Waals surface area (Å²) in [5.74, 6) is -0.343. The molecule has 0 bridgehead atoms. The fraction of sp³-hybridized carbons (Fsp3) is 0.462. The van der Waals surface area contributed by atoms with Gasteiger partial charge in [-0.25, -0.2) is 0 Å². The van der Waals surface area contributed by atoms with Gasteiger partial charge in [-0.05, 0) is 12.0 Å². The third-order valence-electron chi connectivity index (χ3n) is 2.77. The zero-order valence-electron chi connectivity index (χ0n) is 9.67. The Morgan fingerprint density at radius 2 is 2.24 bits per heavy atom. The highest BCUT2D eigenvalue weighted by Gasteiger charge is 2.23. The van der Waals surface area contributed by atoms with E-state index in [-0.39, 0.29) is 12.1 Å². The first-order valence-electron chi connectivity index (χ1n) is 5.83. The van der Waals surface area contributed by atoms with E-state index >= 15 is 0 Å². The normalized spacial score (nSPS) is 21.1. The van der Waals surface area contributed by atoms with Crippen LogP contribution in [0.25, 0.3) is 0 Å². The molecule has 92 valence electrons. The number of nitrogens with two attached hydrogens (primary N) is 1. The number of benzene rings is 1. The quantitative estimate of drug-likeness (QED) is 0.787. The van der Waals surface area contributed by atoms with E-state index in [0.717, 1.165) is 12.0 Å². The molecule has 0 saturated carbocycles. The average Bonchev–Trinajstić information content (AvgIpc) is 2.83. The zero-order valence-corrected chi connectivity index (χ0v) is 9.67. The first kappa shape index (κ1) is 12.1. The molecule has 2 atom stereocenters. The molecule has 4 heteroatoms. The lowest BCUT2D eigenvalue weighted by molar-refractivity contribution is -0.150. The highest BCUT2D eigenvalue weighted by atomic mass is 16.6. The van der Waals surface area contributed by atoms with Crippen LogP contribution >= 0.6 is 0 Å². The summed E-state index contributed by atoms with van der Waals surface area (Å²) in [7, 11) is 0. The minimum Gasteiger partial charge on any atom is -0.459 e. The maximum absolute atomic E-state index is 11.7. The van der Waals surface area contributed by atoms with Crippen LogP contribution in [0.4, 0.5) is 0 Å². The van der Waals surface area contributed by atoms with Crippen LogP contribution in [0.2, 0.25) is 0 Å². The Bertz CT molecular complexity index is 360. The van der Waals surface area contributed by atoms with Crippen LogP contribution in [0.1, 0.15) is 12.0 Å². The van der Waals surface area contributed by atoms with Crippen LogP contribution in [-0.2, 0) is 20.7 Å². The van der Waals surface area contributed by atoms with E-state index < -0.39 is 6.04 Å². The van der Waals surface area contributed by atoms with Gasteiger partial charge in [-0.1, -0.05) is 30.3 Å². The summed E-state index contributed by atoms with van der Waals surface area (Å²) < 4.78 is 10.4. The van der Waals surface area contributed by atoms with Gasteiger partial charge in [-0.15, -0.1) is 0 Å². The van der Waals surface area contributed by atoms with Gasteiger partial charge in [0.15, 0.2) is 0 Å². The van der Waals surface area contributed by atoms with Gasteiger partial charge in [-0.2, -0.15) is 0 Å². The van der Waals surface area contributed by atoms with Crippen LogP contribution in [0.3, 0.4) is 0 Å². The molecule has 1 aliphatic rings. The second kappa shape index (κ2) is 5.80. The van der Waals surface area contributed by atoms with E-state index in [0.29, 0.717) is 19.6 Å². The Morgan fingerprint density at radius 1 is 1.47 bits per heavy atom. The van der Waals surface area contributed by atoms with Gasteiger partial charge in [0.05, 0.1) is 13.2 Å². The maximum atomic E-state index is 11.7. The fourth-order valence-electron chi connectivity index (χ4n) is 1.81. The molecule has 1 aliphatic heterocycles. The monoisotopic (exact) mass is 235 g/mol. The molecule has 2 N–H and O–H groups in total.